The van der Waals surface area contributed by atoms with E-state index in [2.05, 4.69) is 19.2 Å². The van der Waals surface area contributed by atoms with Crippen molar-refractivity contribution in [1.82, 2.24) is 5.32 Å². The summed E-state index contributed by atoms with van der Waals surface area (Å²) in [6.45, 7) is 6.39. The first-order valence-corrected chi connectivity index (χ1v) is 9.68. The highest BCUT2D eigenvalue weighted by atomic mass is 16.5. The molecule has 1 fully saturated rings. The molecule has 7 heteroatoms. The fourth-order valence-corrected chi connectivity index (χ4v) is 3.12. The van der Waals surface area contributed by atoms with Crippen molar-refractivity contribution >= 4 is 29.6 Å². The van der Waals surface area contributed by atoms with Gasteiger partial charge in [-0.1, -0.05) is 32.0 Å². The number of carbonyl (C=O) groups is 3. The number of nitrogens with one attached hydrogen (secondary N) is 1. The topological polar surface area (TPSA) is 84.9 Å². The van der Waals surface area contributed by atoms with Crippen LogP contribution < -0.4 is 19.7 Å². The number of amides is 4. The Hall–Kier alpha value is -3.61. The largest absolute Gasteiger partial charge is 0.493 e. The summed E-state index contributed by atoms with van der Waals surface area (Å²) in [6, 6.07) is 11.4. The molecule has 7 nitrogen and oxygen atoms in total. The average Bonchev–Trinajstić information content (AvgIpc) is 2.72. The van der Waals surface area contributed by atoms with Crippen LogP contribution in [0, 0.1) is 0 Å². The smallest absolute Gasteiger partial charge is 0.335 e. The van der Waals surface area contributed by atoms with Gasteiger partial charge in [0.15, 0.2) is 11.5 Å². The second-order valence-corrected chi connectivity index (χ2v) is 7.05. The lowest BCUT2D eigenvalue weighted by molar-refractivity contribution is -0.122. The van der Waals surface area contributed by atoms with Gasteiger partial charge in [0.2, 0.25) is 0 Å². The Bertz CT molecular complexity index is 1010. The van der Waals surface area contributed by atoms with Gasteiger partial charge in [-0.2, -0.15) is 0 Å². The molecule has 1 N–H and O–H groups in total. The molecule has 0 unspecified atom stereocenters. The lowest BCUT2D eigenvalue weighted by atomic mass is 10.0. The molecule has 1 saturated heterocycles. The molecule has 0 spiro atoms. The third kappa shape index (κ3) is 4.20. The van der Waals surface area contributed by atoms with Gasteiger partial charge in [-0.25, -0.2) is 9.69 Å². The summed E-state index contributed by atoms with van der Waals surface area (Å²) in [6.07, 6.45) is 1.43. The molecule has 2 aromatic carbocycles. The molecule has 0 aliphatic carbocycles. The van der Waals surface area contributed by atoms with Crippen molar-refractivity contribution in [3.8, 4) is 11.5 Å². The normalized spacial score (nSPS) is 15.6. The number of rotatable bonds is 6. The maximum absolute atomic E-state index is 13.0. The van der Waals surface area contributed by atoms with Crippen LogP contribution in [0.25, 0.3) is 6.08 Å². The number of carbonyl (C=O) groups excluding carboxylic acids is 3. The molecule has 1 aliphatic rings. The van der Waals surface area contributed by atoms with Crippen LogP contribution in [0.15, 0.2) is 48.0 Å². The number of hydrogen-bond acceptors (Lipinski definition) is 5. The van der Waals surface area contributed by atoms with E-state index in [1.54, 1.807) is 30.3 Å². The van der Waals surface area contributed by atoms with Gasteiger partial charge < -0.3 is 9.47 Å². The van der Waals surface area contributed by atoms with Crippen molar-refractivity contribution in [2.75, 3.05) is 18.6 Å². The molecule has 2 aromatic rings. The Kier molecular flexibility index (Phi) is 6.20. The zero-order valence-corrected chi connectivity index (χ0v) is 17.4. The molecular weight excluding hydrogens is 384 g/mol. The molecule has 1 aliphatic heterocycles. The standard InChI is InChI=1S/C23H24N2O5/c1-5-30-20-13-15(6-11-19(20)29-4)12-18-21(26)24-23(28)25(22(18)27)17-9-7-16(8-10-17)14(2)3/h6-14H,5H2,1-4H3,(H,24,26,28)/b18-12-. The number of ether oxygens (including phenoxy) is 2. The average molecular weight is 408 g/mol. The Morgan fingerprint density at radius 3 is 2.33 bits per heavy atom. The predicted molar refractivity (Wildman–Crippen MR) is 114 cm³/mol. The van der Waals surface area contributed by atoms with Gasteiger partial charge in [0.1, 0.15) is 5.57 Å². The molecule has 156 valence electrons. The van der Waals surface area contributed by atoms with Gasteiger partial charge in [0.05, 0.1) is 19.4 Å². The Balaban J connectivity index is 1.97. The zero-order chi connectivity index (χ0) is 21.8. The monoisotopic (exact) mass is 408 g/mol. The van der Waals surface area contributed by atoms with Gasteiger partial charge in [0, 0.05) is 0 Å². The van der Waals surface area contributed by atoms with Crippen LogP contribution in [0.5, 0.6) is 11.5 Å². The van der Waals surface area contributed by atoms with Gasteiger partial charge in [0.25, 0.3) is 11.8 Å². The van der Waals surface area contributed by atoms with Crippen LogP contribution in [-0.4, -0.2) is 31.6 Å². The predicted octanol–water partition coefficient (Wildman–Crippen LogP) is 3.88. The first-order valence-electron chi connectivity index (χ1n) is 9.68. The molecule has 0 saturated carbocycles. The van der Waals surface area contributed by atoms with Crippen molar-refractivity contribution in [2.45, 2.75) is 26.7 Å². The van der Waals surface area contributed by atoms with Crippen molar-refractivity contribution in [3.63, 3.8) is 0 Å². The van der Waals surface area contributed by atoms with E-state index in [4.69, 9.17) is 9.47 Å². The van der Waals surface area contributed by atoms with Gasteiger partial charge in [-0.05, 0) is 54.3 Å². The lowest BCUT2D eigenvalue weighted by Gasteiger charge is -2.26. The number of methoxy groups -OCH3 is 1. The van der Waals surface area contributed by atoms with Gasteiger partial charge in [-0.3, -0.25) is 14.9 Å². The molecule has 4 amide bonds. The van der Waals surface area contributed by atoms with E-state index in [1.165, 1.54) is 13.2 Å². The maximum atomic E-state index is 13.0. The third-order valence-electron chi connectivity index (χ3n) is 4.72. The fourth-order valence-electron chi connectivity index (χ4n) is 3.12. The third-order valence-corrected chi connectivity index (χ3v) is 4.72. The van der Waals surface area contributed by atoms with E-state index in [-0.39, 0.29) is 5.57 Å². The lowest BCUT2D eigenvalue weighted by Crippen LogP contribution is -2.54. The van der Waals surface area contributed by atoms with E-state index >= 15 is 0 Å². The van der Waals surface area contributed by atoms with Crippen LogP contribution in [0.1, 0.15) is 37.8 Å². The van der Waals surface area contributed by atoms with Crippen LogP contribution in [-0.2, 0) is 9.59 Å². The Labute approximate surface area is 175 Å². The minimum Gasteiger partial charge on any atom is -0.493 e. The number of anilines is 1. The van der Waals surface area contributed by atoms with E-state index < -0.39 is 17.8 Å². The van der Waals surface area contributed by atoms with E-state index in [1.807, 2.05) is 19.1 Å². The summed E-state index contributed by atoms with van der Waals surface area (Å²) in [5.41, 5.74) is 1.90. The minimum absolute atomic E-state index is 0.143. The molecule has 0 bridgehead atoms. The van der Waals surface area contributed by atoms with Gasteiger partial charge in [-0.15, -0.1) is 0 Å². The number of benzene rings is 2. The summed E-state index contributed by atoms with van der Waals surface area (Å²) in [7, 11) is 1.53. The van der Waals surface area contributed by atoms with Crippen LogP contribution in [0.4, 0.5) is 10.5 Å². The fraction of sp³-hybridized carbons (Fsp3) is 0.261. The molecule has 3 rings (SSSR count). The number of nitrogens with zero attached hydrogens (tertiary/aromatic N) is 1. The molecule has 0 atom stereocenters. The highest BCUT2D eigenvalue weighted by Gasteiger charge is 2.36. The first kappa shape index (κ1) is 21.1. The van der Waals surface area contributed by atoms with Crippen LogP contribution >= 0.6 is 0 Å². The number of imide groups is 2. The molecule has 30 heavy (non-hydrogen) atoms. The first-order chi connectivity index (χ1) is 14.3. The summed E-state index contributed by atoms with van der Waals surface area (Å²) >= 11 is 0. The van der Waals surface area contributed by atoms with Crippen LogP contribution in [0.2, 0.25) is 0 Å². The summed E-state index contributed by atoms with van der Waals surface area (Å²) in [5.74, 6) is -0.0732. The number of hydrogen-bond donors (Lipinski definition) is 1. The second-order valence-electron chi connectivity index (χ2n) is 7.05. The van der Waals surface area contributed by atoms with E-state index in [0.29, 0.717) is 35.3 Å². The molecule has 0 aromatic heterocycles. The SMILES string of the molecule is CCOc1cc(/C=C2/C(=O)NC(=O)N(c3ccc(C(C)C)cc3)C2=O)ccc1OC. The highest BCUT2D eigenvalue weighted by molar-refractivity contribution is 6.39. The quantitative estimate of drug-likeness (QED) is 0.579. The van der Waals surface area contributed by atoms with Crippen molar-refractivity contribution in [3.05, 3.63) is 59.2 Å². The zero-order valence-electron chi connectivity index (χ0n) is 17.4. The van der Waals surface area contributed by atoms with Gasteiger partial charge >= 0.3 is 6.03 Å². The van der Waals surface area contributed by atoms with Crippen molar-refractivity contribution in [1.29, 1.82) is 0 Å². The number of barbiturate groups is 1. The maximum Gasteiger partial charge on any atom is 0.335 e. The summed E-state index contributed by atoms with van der Waals surface area (Å²) < 4.78 is 10.8. The number of urea groups is 1. The highest BCUT2D eigenvalue weighted by Crippen LogP contribution is 2.30. The van der Waals surface area contributed by atoms with E-state index in [0.717, 1.165) is 10.5 Å². The summed E-state index contributed by atoms with van der Waals surface area (Å²) in [4.78, 5) is 38.7. The Morgan fingerprint density at radius 1 is 1.03 bits per heavy atom. The second kappa shape index (κ2) is 8.82. The van der Waals surface area contributed by atoms with E-state index in [9.17, 15) is 14.4 Å². The Morgan fingerprint density at radius 2 is 1.73 bits per heavy atom. The van der Waals surface area contributed by atoms with Crippen LogP contribution in [0.3, 0.4) is 0 Å². The summed E-state index contributed by atoms with van der Waals surface area (Å²) in [5, 5.41) is 2.23. The van der Waals surface area contributed by atoms with Crippen molar-refractivity contribution < 1.29 is 23.9 Å². The molecule has 1 heterocycles. The van der Waals surface area contributed by atoms with Crippen molar-refractivity contribution in [2.24, 2.45) is 0 Å². The minimum atomic E-state index is -0.774. The molecule has 0 radical (unpaired) electrons. The molecular formula is C23H24N2O5.